The first-order valence-electron chi connectivity index (χ1n) is 20.2. The minimum atomic E-state index is -1.25. The Balaban J connectivity index is 1.05. The summed E-state index contributed by atoms with van der Waals surface area (Å²) in [6.45, 7) is 6.22. The lowest BCUT2D eigenvalue weighted by molar-refractivity contribution is -0.112. The second kappa shape index (κ2) is 18.7. The van der Waals surface area contributed by atoms with Gasteiger partial charge in [0.25, 0.3) is 5.88 Å². The van der Waals surface area contributed by atoms with Crippen LogP contribution in [0.15, 0.2) is 66.2 Å². The predicted molar refractivity (Wildman–Crippen MR) is 231 cm³/mol. The molecule has 0 spiro atoms. The number of amides is 3. The second-order valence-electron chi connectivity index (χ2n) is 16.0. The Labute approximate surface area is 365 Å². The van der Waals surface area contributed by atoms with Gasteiger partial charge in [0, 0.05) is 39.3 Å². The minimum Gasteiger partial charge on any atom is -0.478 e. The van der Waals surface area contributed by atoms with E-state index in [0.29, 0.717) is 53.6 Å². The molecule has 336 valence electrons. The highest BCUT2D eigenvalue weighted by molar-refractivity contribution is 8.15. The molecule has 0 bridgehead atoms. The average molecular weight is 894 g/mol. The van der Waals surface area contributed by atoms with Crippen LogP contribution in [0.1, 0.15) is 51.2 Å². The largest absolute Gasteiger partial charge is 0.478 e. The van der Waals surface area contributed by atoms with Gasteiger partial charge in [0.15, 0.2) is 17.0 Å². The lowest BCUT2D eigenvalue weighted by atomic mass is 10.0. The molecule has 0 aliphatic carbocycles. The number of halogens is 3. The van der Waals surface area contributed by atoms with Crippen molar-refractivity contribution in [3.63, 3.8) is 0 Å². The maximum Gasteiger partial charge on any atom is 0.407 e. The minimum absolute atomic E-state index is 0.0667. The third-order valence-electron chi connectivity index (χ3n) is 10.1. The molecule has 2 aromatic carbocycles. The SMILES string of the molecule is COc1nn(CCCON(C)C(=O)N2N=C(c3cc(F)ccc3F)S[C@@]2(CCCNC(=O)OC(C)(C)C)c2ccccc2)cc1Nc1nc(N2C[C@@H](N)[C@H](F)C2)nc2c1ncn2C. The van der Waals surface area contributed by atoms with Crippen LogP contribution in [0.25, 0.3) is 11.2 Å². The van der Waals surface area contributed by atoms with Crippen LogP contribution < -0.4 is 26.0 Å². The number of thioether (sulfide) groups is 1. The number of hydrazone groups is 1. The number of hydroxylamine groups is 2. The van der Waals surface area contributed by atoms with E-state index in [1.54, 1.807) is 54.5 Å². The number of anilines is 3. The van der Waals surface area contributed by atoms with Crippen molar-refractivity contribution in [2.24, 2.45) is 17.9 Å². The van der Waals surface area contributed by atoms with Gasteiger partial charge in [0.05, 0.1) is 38.8 Å². The van der Waals surface area contributed by atoms with Crippen LogP contribution in [0.2, 0.25) is 0 Å². The number of rotatable bonds is 15. The normalized spacial score (nSPS) is 18.8. The molecule has 3 amide bonds. The molecule has 4 N–H and O–H groups in total. The van der Waals surface area contributed by atoms with Gasteiger partial charge in [-0.2, -0.15) is 20.1 Å². The summed E-state index contributed by atoms with van der Waals surface area (Å²) < 4.78 is 58.4. The Morgan fingerprint density at radius 3 is 2.59 bits per heavy atom. The average Bonchev–Trinajstić information content (AvgIpc) is 4.03. The van der Waals surface area contributed by atoms with Gasteiger partial charge in [0.1, 0.15) is 39.0 Å². The number of nitrogens with zero attached hydrogens (tertiary/aromatic N) is 10. The first kappa shape index (κ1) is 44.9. The number of nitrogens with two attached hydrogens (primary N) is 1. The van der Waals surface area contributed by atoms with Gasteiger partial charge >= 0.3 is 12.1 Å². The van der Waals surface area contributed by atoms with Gasteiger partial charge in [-0.3, -0.25) is 9.52 Å². The van der Waals surface area contributed by atoms with E-state index in [4.69, 9.17) is 20.0 Å². The molecular formula is C41H50F3N13O5S. The third-order valence-corrected chi connectivity index (χ3v) is 11.6. The molecule has 1 fully saturated rings. The topological polar surface area (TPSA) is 195 Å². The molecule has 22 heteroatoms. The highest BCUT2D eigenvalue weighted by atomic mass is 32.2. The van der Waals surface area contributed by atoms with Gasteiger partial charge in [-0.05, 0) is 63.8 Å². The maximum atomic E-state index is 15.3. The Morgan fingerprint density at radius 1 is 1.10 bits per heavy atom. The molecule has 3 atom stereocenters. The van der Waals surface area contributed by atoms with E-state index in [1.165, 1.54) is 19.2 Å². The highest BCUT2D eigenvalue weighted by Crippen LogP contribution is 2.51. The van der Waals surface area contributed by atoms with Crippen molar-refractivity contribution >= 4 is 57.5 Å². The zero-order valence-electron chi connectivity index (χ0n) is 35.7. The number of alkyl carbamates (subject to hydrolysis) is 1. The molecule has 0 radical (unpaired) electrons. The van der Waals surface area contributed by atoms with Gasteiger partial charge in [-0.25, -0.2) is 32.8 Å². The molecule has 18 nitrogen and oxygen atoms in total. The number of urea groups is 1. The number of ether oxygens (including phenoxy) is 2. The number of hydrogen-bond acceptors (Lipinski definition) is 14. The lowest BCUT2D eigenvalue weighted by Crippen LogP contribution is -2.47. The Kier molecular flexibility index (Phi) is 13.3. The Bertz CT molecular complexity index is 2460. The molecular weight excluding hydrogens is 844 g/mol. The van der Waals surface area contributed by atoms with Crippen LogP contribution >= 0.6 is 11.8 Å². The number of nitrogens with one attached hydrogen (secondary N) is 2. The van der Waals surface area contributed by atoms with Gasteiger partial charge < -0.3 is 35.3 Å². The number of aromatic nitrogens is 6. The van der Waals surface area contributed by atoms with Crippen LogP contribution in [0.4, 0.5) is 40.2 Å². The molecule has 5 heterocycles. The van der Waals surface area contributed by atoms with E-state index in [0.717, 1.165) is 35.0 Å². The van der Waals surface area contributed by atoms with Crippen molar-refractivity contribution in [1.82, 2.24) is 44.7 Å². The van der Waals surface area contributed by atoms with Crippen LogP contribution in [-0.2, 0) is 28.0 Å². The van der Waals surface area contributed by atoms with Crippen LogP contribution in [0, 0.1) is 11.6 Å². The van der Waals surface area contributed by atoms with E-state index < -0.39 is 46.4 Å². The molecule has 63 heavy (non-hydrogen) atoms. The molecule has 1 saturated heterocycles. The van der Waals surface area contributed by atoms with Gasteiger partial charge in [0.2, 0.25) is 5.95 Å². The summed E-state index contributed by atoms with van der Waals surface area (Å²) in [7, 11) is 4.73. The number of carbonyl (C=O) groups is 2. The van der Waals surface area contributed by atoms with Crippen molar-refractivity contribution in [3.8, 4) is 5.88 Å². The number of imidazole rings is 1. The van der Waals surface area contributed by atoms with E-state index in [9.17, 15) is 18.4 Å². The summed E-state index contributed by atoms with van der Waals surface area (Å²) in [6, 6.07) is 10.8. The second-order valence-corrected chi connectivity index (χ2v) is 17.3. The summed E-state index contributed by atoms with van der Waals surface area (Å²) in [5, 5.41) is 17.5. The van der Waals surface area contributed by atoms with E-state index in [-0.39, 0.29) is 49.1 Å². The first-order chi connectivity index (χ1) is 30.0. The van der Waals surface area contributed by atoms with Crippen molar-refractivity contribution < 1.29 is 37.1 Å². The Hall–Kier alpha value is -6.13. The van der Waals surface area contributed by atoms with Crippen LogP contribution in [-0.4, -0.2) is 115 Å². The molecule has 3 aromatic heterocycles. The molecule has 2 aliphatic rings. The standard InChI is InChI=1S/C41H50F3N13O5S/c1-40(2,3)62-38(58)46-17-10-16-41(25-12-8-7-9-13-25)57(52-36(63-41)27-20-26(42)14-15-28(27)43)39(59)54(5)61-19-11-18-56-23-31(35(51-56)60-6)48-33-32-34(53(4)24-47-32)50-37(49-33)55-21-29(44)30(45)22-55/h7-9,12-15,20,23-24,29-30H,10-11,16-19,21-22,45H2,1-6H3,(H,46,58)(H,48,49,50)/t29-,30-,41+/m1/s1. The number of benzene rings is 2. The van der Waals surface area contributed by atoms with Crippen LogP contribution in [0.5, 0.6) is 5.88 Å². The van der Waals surface area contributed by atoms with Crippen molar-refractivity contribution in [3.05, 3.63) is 83.8 Å². The number of fused-ring (bicyclic) bond motifs is 1. The summed E-state index contributed by atoms with van der Waals surface area (Å²) in [5.41, 5.74) is 7.31. The Morgan fingerprint density at radius 2 is 1.87 bits per heavy atom. The monoisotopic (exact) mass is 893 g/mol. The van der Waals surface area contributed by atoms with E-state index >= 15 is 4.39 Å². The summed E-state index contributed by atoms with van der Waals surface area (Å²) in [6.07, 6.45) is 2.52. The zero-order valence-corrected chi connectivity index (χ0v) is 36.5. The third kappa shape index (κ3) is 10.1. The highest BCUT2D eigenvalue weighted by Gasteiger charge is 2.50. The smallest absolute Gasteiger partial charge is 0.407 e. The first-order valence-corrected chi connectivity index (χ1v) is 21.0. The fourth-order valence-electron chi connectivity index (χ4n) is 7.05. The molecule has 0 saturated carbocycles. The molecule has 5 aromatic rings. The quantitative estimate of drug-likeness (QED) is 0.0817. The van der Waals surface area contributed by atoms with E-state index in [2.05, 4.69) is 35.8 Å². The van der Waals surface area contributed by atoms with Crippen molar-refractivity contribution in [1.29, 1.82) is 0 Å². The number of aryl methyl sites for hydroxylation is 2. The summed E-state index contributed by atoms with van der Waals surface area (Å²) in [5.74, 6) is -0.436. The summed E-state index contributed by atoms with van der Waals surface area (Å²) in [4.78, 5) is 47.0. The van der Waals surface area contributed by atoms with Crippen molar-refractivity contribution in [2.75, 3.05) is 50.6 Å². The molecule has 0 unspecified atom stereocenters. The fraction of sp³-hybridized carbons (Fsp3) is 0.439. The lowest BCUT2D eigenvalue weighted by Gasteiger charge is -2.37. The van der Waals surface area contributed by atoms with Gasteiger partial charge in [-0.15, -0.1) is 5.10 Å². The molecule has 2 aliphatic heterocycles. The van der Waals surface area contributed by atoms with Gasteiger partial charge in [-0.1, -0.05) is 42.1 Å². The molecule has 7 rings (SSSR count). The summed E-state index contributed by atoms with van der Waals surface area (Å²) >= 11 is 1.11. The van der Waals surface area contributed by atoms with E-state index in [1.807, 2.05) is 30.3 Å². The number of alkyl halides is 1. The van der Waals surface area contributed by atoms with Crippen LogP contribution in [0.3, 0.4) is 0 Å². The van der Waals surface area contributed by atoms with Crippen molar-refractivity contribution in [2.45, 2.75) is 69.3 Å². The fourth-order valence-corrected chi connectivity index (χ4v) is 8.47. The number of hydrogen-bond donors (Lipinski definition) is 3. The maximum absolute atomic E-state index is 15.3. The predicted octanol–water partition coefficient (Wildman–Crippen LogP) is 6.02. The number of methoxy groups -OCH3 is 1. The zero-order chi connectivity index (χ0) is 45.1. The number of carbonyl (C=O) groups excluding carboxylic acids is 2.